The summed E-state index contributed by atoms with van der Waals surface area (Å²) in [4.78, 5) is 11.1. The van der Waals surface area contributed by atoms with Crippen LogP contribution in [0.4, 0.5) is 0 Å². The van der Waals surface area contributed by atoms with Gasteiger partial charge in [-0.2, -0.15) is 0 Å². The second-order valence-corrected chi connectivity index (χ2v) is 3.27. The maximum Gasteiger partial charge on any atom is 0.249 e. The van der Waals surface area contributed by atoms with Gasteiger partial charge in [-0.05, 0) is 5.92 Å². The molecule has 0 radical (unpaired) electrons. The summed E-state index contributed by atoms with van der Waals surface area (Å²) in [5.74, 6) is -0.686. The van der Waals surface area contributed by atoms with Gasteiger partial charge in [0.15, 0.2) is 0 Å². The van der Waals surface area contributed by atoms with Crippen LogP contribution in [0.1, 0.15) is 13.8 Å². The summed E-state index contributed by atoms with van der Waals surface area (Å²) in [6.45, 7) is 2.98. The maximum absolute atomic E-state index is 11.1. The molecule has 0 aromatic rings. The van der Waals surface area contributed by atoms with Crippen LogP contribution in [-0.4, -0.2) is 46.6 Å². The summed E-state index contributed by atoms with van der Waals surface area (Å²) in [5, 5.41) is 28.9. The molecule has 2 atom stereocenters. The van der Waals surface area contributed by atoms with Gasteiger partial charge in [-0.25, -0.2) is 0 Å². The normalized spacial score (nSPS) is 15.5. The zero-order valence-corrected chi connectivity index (χ0v) is 7.90. The molecule has 4 N–H and O–H groups in total. The van der Waals surface area contributed by atoms with Crippen LogP contribution in [0.25, 0.3) is 0 Å². The molecule has 0 unspecified atom stereocenters. The number of carbonyl (C=O) groups excluding carboxylic acids is 1. The third-order valence-corrected chi connectivity index (χ3v) is 1.62. The van der Waals surface area contributed by atoms with Gasteiger partial charge >= 0.3 is 0 Å². The van der Waals surface area contributed by atoms with Crippen molar-refractivity contribution in [1.29, 1.82) is 0 Å². The average Bonchev–Trinajstić information content (AvgIpc) is 2.11. The number of amides is 1. The number of rotatable bonds is 5. The zero-order chi connectivity index (χ0) is 10.4. The van der Waals surface area contributed by atoms with E-state index in [4.69, 9.17) is 10.2 Å². The molecule has 0 aliphatic rings. The van der Waals surface area contributed by atoms with Crippen LogP contribution in [0.15, 0.2) is 0 Å². The minimum atomic E-state index is -1.06. The molecule has 78 valence electrons. The van der Waals surface area contributed by atoms with E-state index in [1.807, 2.05) is 0 Å². The van der Waals surface area contributed by atoms with Crippen LogP contribution < -0.4 is 5.32 Å². The second-order valence-electron chi connectivity index (χ2n) is 3.27. The first kappa shape index (κ1) is 12.3. The van der Waals surface area contributed by atoms with E-state index < -0.39 is 24.7 Å². The minimum Gasteiger partial charge on any atom is -0.394 e. The summed E-state index contributed by atoms with van der Waals surface area (Å²) < 4.78 is 0. The zero-order valence-electron chi connectivity index (χ0n) is 7.90. The molecule has 0 bridgehead atoms. The van der Waals surface area contributed by atoms with E-state index in [0.29, 0.717) is 0 Å². The summed E-state index contributed by atoms with van der Waals surface area (Å²) >= 11 is 0. The number of hydrogen-bond donors (Lipinski definition) is 4. The van der Waals surface area contributed by atoms with Gasteiger partial charge in [-0.1, -0.05) is 13.8 Å². The lowest BCUT2D eigenvalue weighted by molar-refractivity contribution is -0.131. The van der Waals surface area contributed by atoms with Gasteiger partial charge in [-0.3, -0.25) is 4.79 Å². The van der Waals surface area contributed by atoms with Crippen LogP contribution >= 0.6 is 0 Å². The third kappa shape index (κ3) is 4.82. The molecule has 5 heteroatoms. The molecule has 0 aromatic carbocycles. The summed E-state index contributed by atoms with van der Waals surface area (Å²) in [6, 6.07) is 0. The quantitative estimate of drug-likeness (QED) is 0.424. The van der Waals surface area contributed by atoms with Crippen molar-refractivity contribution in [3.63, 3.8) is 0 Å². The first-order valence-corrected chi connectivity index (χ1v) is 4.23. The molecule has 1 amide bonds. The summed E-state index contributed by atoms with van der Waals surface area (Å²) in [5.41, 5.74) is 0. The second kappa shape index (κ2) is 5.90. The lowest BCUT2D eigenvalue weighted by Gasteiger charge is -2.15. The molecule has 13 heavy (non-hydrogen) atoms. The van der Waals surface area contributed by atoms with E-state index >= 15 is 0 Å². The highest BCUT2D eigenvalue weighted by atomic mass is 16.3. The van der Waals surface area contributed by atoms with Gasteiger partial charge < -0.3 is 20.6 Å². The fraction of sp³-hybridized carbons (Fsp3) is 0.875. The van der Waals surface area contributed by atoms with Crippen LogP contribution in [0, 0.1) is 5.92 Å². The molecule has 0 aliphatic carbocycles. The van der Waals surface area contributed by atoms with E-state index in [1.54, 1.807) is 13.8 Å². The average molecular weight is 191 g/mol. The van der Waals surface area contributed by atoms with E-state index in [1.165, 1.54) is 0 Å². The van der Waals surface area contributed by atoms with E-state index in [-0.39, 0.29) is 12.5 Å². The standard InChI is InChI=1S/C8H17NO4/c1-5(2)7(12)8(13)9-3-6(11)4-10/h5-7,10-12H,3-4H2,1-2H3,(H,9,13)/t6-,7+/m1/s1. The fourth-order valence-electron chi connectivity index (χ4n) is 0.690. The van der Waals surface area contributed by atoms with Gasteiger partial charge in [0.05, 0.1) is 12.7 Å². The number of hydrogen-bond acceptors (Lipinski definition) is 4. The Labute approximate surface area is 77.4 Å². The Morgan fingerprint density at radius 1 is 1.38 bits per heavy atom. The Balaban J connectivity index is 3.74. The summed E-state index contributed by atoms with van der Waals surface area (Å²) in [6.07, 6.45) is -2.03. The van der Waals surface area contributed by atoms with E-state index in [9.17, 15) is 9.90 Å². The number of nitrogens with one attached hydrogen (secondary N) is 1. The molecule has 5 nitrogen and oxygen atoms in total. The molecular weight excluding hydrogens is 174 g/mol. The molecule has 0 saturated heterocycles. The van der Waals surface area contributed by atoms with Gasteiger partial charge in [-0.15, -0.1) is 0 Å². The Morgan fingerprint density at radius 2 is 1.92 bits per heavy atom. The van der Waals surface area contributed by atoms with Crippen molar-refractivity contribution in [2.45, 2.75) is 26.1 Å². The van der Waals surface area contributed by atoms with Gasteiger partial charge in [0.2, 0.25) is 5.91 Å². The SMILES string of the molecule is CC(C)[C@H](O)C(=O)NC[C@@H](O)CO. The monoisotopic (exact) mass is 191 g/mol. The van der Waals surface area contributed by atoms with E-state index in [2.05, 4.69) is 5.32 Å². The third-order valence-electron chi connectivity index (χ3n) is 1.62. The largest absolute Gasteiger partial charge is 0.394 e. The van der Waals surface area contributed by atoms with Crippen molar-refractivity contribution < 1.29 is 20.1 Å². The molecule has 0 saturated carbocycles. The molecule has 0 aromatic heterocycles. The van der Waals surface area contributed by atoms with Crippen LogP contribution in [-0.2, 0) is 4.79 Å². The van der Waals surface area contributed by atoms with Crippen molar-refractivity contribution in [3.05, 3.63) is 0 Å². The number of carbonyl (C=O) groups is 1. The topological polar surface area (TPSA) is 89.8 Å². The Bertz CT molecular complexity index is 160. The predicted octanol–water partition coefficient (Wildman–Crippen LogP) is -1.53. The highest BCUT2D eigenvalue weighted by Crippen LogP contribution is 2.00. The van der Waals surface area contributed by atoms with Crippen molar-refractivity contribution >= 4 is 5.91 Å². The Kier molecular flexibility index (Phi) is 5.61. The highest BCUT2D eigenvalue weighted by Gasteiger charge is 2.18. The van der Waals surface area contributed by atoms with Gasteiger partial charge in [0.1, 0.15) is 6.10 Å². The van der Waals surface area contributed by atoms with Crippen LogP contribution in [0.3, 0.4) is 0 Å². The first-order chi connectivity index (χ1) is 5.99. The van der Waals surface area contributed by atoms with Crippen molar-refractivity contribution in [2.75, 3.05) is 13.2 Å². The first-order valence-electron chi connectivity index (χ1n) is 4.23. The molecular formula is C8H17NO4. The highest BCUT2D eigenvalue weighted by molar-refractivity contribution is 5.80. The molecule has 0 heterocycles. The van der Waals surface area contributed by atoms with Gasteiger partial charge in [0.25, 0.3) is 0 Å². The number of aliphatic hydroxyl groups is 3. The molecule has 0 rings (SSSR count). The fourth-order valence-corrected chi connectivity index (χ4v) is 0.690. The molecule has 0 fully saturated rings. The summed E-state index contributed by atoms with van der Waals surface area (Å²) in [7, 11) is 0. The smallest absolute Gasteiger partial charge is 0.249 e. The predicted molar refractivity (Wildman–Crippen MR) is 46.9 cm³/mol. The van der Waals surface area contributed by atoms with Crippen molar-refractivity contribution in [2.24, 2.45) is 5.92 Å². The van der Waals surface area contributed by atoms with E-state index in [0.717, 1.165) is 0 Å². The lowest BCUT2D eigenvalue weighted by Crippen LogP contribution is -2.42. The van der Waals surface area contributed by atoms with Crippen LogP contribution in [0.5, 0.6) is 0 Å². The minimum absolute atomic E-state index is 0.0425. The lowest BCUT2D eigenvalue weighted by atomic mass is 10.1. The number of aliphatic hydroxyl groups excluding tert-OH is 3. The van der Waals surface area contributed by atoms with Crippen molar-refractivity contribution in [1.82, 2.24) is 5.32 Å². The Morgan fingerprint density at radius 3 is 2.31 bits per heavy atom. The molecule has 0 aliphatic heterocycles. The van der Waals surface area contributed by atoms with Crippen LogP contribution in [0.2, 0.25) is 0 Å². The maximum atomic E-state index is 11.1. The van der Waals surface area contributed by atoms with Crippen molar-refractivity contribution in [3.8, 4) is 0 Å². The van der Waals surface area contributed by atoms with Gasteiger partial charge in [0, 0.05) is 6.54 Å². The molecule has 0 spiro atoms. The Hall–Kier alpha value is -0.650.